The molecule has 18 heavy (non-hydrogen) atoms. The van der Waals surface area contributed by atoms with Crippen LogP contribution in [0.1, 0.15) is 36.5 Å². The van der Waals surface area contributed by atoms with Crippen molar-refractivity contribution in [3.8, 4) is 5.75 Å². The van der Waals surface area contributed by atoms with Gasteiger partial charge in [-0.1, -0.05) is 19.8 Å². The molecule has 1 aromatic rings. The van der Waals surface area contributed by atoms with Gasteiger partial charge in [-0.05, 0) is 12.5 Å². The molecule has 0 saturated heterocycles. The normalized spacial score (nSPS) is 10.1. The van der Waals surface area contributed by atoms with Gasteiger partial charge in [-0.3, -0.25) is 14.9 Å². The minimum Gasteiger partial charge on any atom is -0.492 e. The smallest absolute Gasteiger partial charge is 0.273 e. The van der Waals surface area contributed by atoms with Gasteiger partial charge in [0.1, 0.15) is 5.75 Å². The molecule has 6 nitrogen and oxygen atoms in total. The van der Waals surface area contributed by atoms with Gasteiger partial charge in [-0.2, -0.15) is 0 Å². The monoisotopic (exact) mass is 252 g/mol. The van der Waals surface area contributed by atoms with E-state index in [0.29, 0.717) is 6.61 Å². The maximum atomic E-state index is 11.2. The first-order chi connectivity index (χ1) is 8.56. The van der Waals surface area contributed by atoms with Gasteiger partial charge in [0, 0.05) is 6.07 Å². The second-order valence-corrected chi connectivity index (χ2v) is 3.86. The summed E-state index contributed by atoms with van der Waals surface area (Å²) in [5.74, 6) is -0.483. The number of nitrogens with two attached hydrogens (primary N) is 1. The Morgan fingerprint density at radius 3 is 2.72 bits per heavy atom. The van der Waals surface area contributed by atoms with Gasteiger partial charge in [-0.15, -0.1) is 0 Å². The van der Waals surface area contributed by atoms with Crippen LogP contribution in [0.15, 0.2) is 18.2 Å². The van der Waals surface area contributed by atoms with Gasteiger partial charge in [-0.25, -0.2) is 0 Å². The number of rotatable bonds is 7. The van der Waals surface area contributed by atoms with Gasteiger partial charge in [0.15, 0.2) is 0 Å². The van der Waals surface area contributed by atoms with Crippen molar-refractivity contribution in [1.29, 1.82) is 0 Å². The summed E-state index contributed by atoms with van der Waals surface area (Å²) in [7, 11) is 0. The molecule has 0 radical (unpaired) electrons. The van der Waals surface area contributed by atoms with Crippen LogP contribution in [0.2, 0.25) is 0 Å². The SMILES string of the molecule is CCCCCOc1cc([N+](=O)[O-])ccc1C(N)=O. The lowest BCUT2D eigenvalue weighted by Crippen LogP contribution is -2.13. The first kappa shape index (κ1) is 14.0. The fourth-order valence-corrected chi connectivity index (χ4v) is 1.48. The molecule has 0 bridgehead atoms. The number of non-ortho nitro benzene ring substituents is 1. The van der Waals surface area contributed by atoms with E-state index in [1.54, 1.807) is 0 Å². The lowest BCUT2D eigenvalue weighted by molar-refractivity contribution is -0.384. The summed E-state index contributed by atoms with van der Waals surface area (Å²) < 4.78 is 5.39. The zero-order valence-electron chi connectivity index (χ0n) is 10.2. The largest absolute Gasteiger partial charge is 0.492 e. The van der Waals surface area contributed by atoms with Crippen molar-refractivity contribution >= 4 is 11.6 Å². The zero-order valence-corrected chi connectivity index (χ0v) is 10.2. The molecule has 0 saturated carbocycles. The van der Waals surface area contributed by atoms with Crippen LogP contribution >= 0.6 is 0 Å². The van der Waals surface area contributed by atoms with Crippen LogP contribution in [-0.4, -0.2) is 17.4 Å². The molecule has 0 aliphatic carbocycles. The fraction of sp³-hybridized carbons (Fsp3) is 0.417. The summed E-state index contributed by atoms with van der Waals surface area (Å²) in [6.45, 7) is 2.47. The molecule has 0 aromatic heterocycles. The first-order valence-corrected chi connectivity index (χ1v) is 5.77. The maximum Gasteiger partial charge on any atom is 0.273 e. The Bertz CT molecular complexity index is 446. The van der Waals surface area contributed by atoms with E-state index < -0.39 is 10.8 Å². The summed E-state index contributed by atoms with van der Waals surface area (Å²) in [5, 5.41) is 10.6. The lowest BCUT2D eigenvalue weighted by Gasteiger charge is -2.09. The standard InChI is InChI=1S/C12H16N2O4/c1-2-3-4-7-18-11-8-9(14(16)17)5-6-10(11)12(13)15/h5-6,8H,2-4,7H2,1H3,(H2,13,15). The van der Waals surface area contributed by atoms with E-state index in [2.05, 4.69) is 6.92 Å². The molecule has 1 aromatic carbocycles. The average molecular weight is 252 g/mol. The number of carbonyl (C=O) groups is 1. The molecule has 0 fully saturated rings. The second-order valence-electron chi connectivity index (χ2n) is 3.86. The van der Waals surface area contributed by atoms with E-state index in [-0.39, 0.29) is 17.0 Å². The third-order valence-corrected chi connectivity index (χ3v) is 2.45. The Hall–Kier alpha value is -2.11. The molecule has 1 amide bonds. The Labute approximate surface area is 105 Å². The quantitative estimate of drug-likeness (QED) is 0.457. The van der Waals surface area contributed by atoms with E-state index in [0.717, 1.165) is 19.3 Å². The third kappa shape index (κ3) is 3.73. The number of unbranched alkanes of at least 4 members (excludes halogenated alkanes) is 2. The van der Waals surface area contributed by atoms with Crippen molar-refractivity contribution in [2.75, 3.05) is 6.61 Å². The molecule has 1 rings (SSSR count). The molecule has 0 aliphatic rings. The van der Waals surface area contributed by atoms with Crippen LogP contribution in [0.25, 0.3) is 0 Å². The fourth-order valence-electron chi connectivity index (χ4n) is 1.48. The molecule has 2 N–H and O–H groups in total. The molecule has 0 atom stereocenters. The number of primary amides is 1. The van der Waals surface area contributed by atoms with E-state index >= 15 is 0 Å². The molecule has 0 aliphatic heterocycles. The van der Waals surface area contributed by atoms with Crippen molar-refractivity contribution in [2.45, 2.75) is 26.2 Å². The topological polar surface area (TPSA) is 95.5 Å². The van der Waals surface area contributed by atoms with Crippen molar-refractivity contribution in [1.82, 2.24) is 0 Å². The van der Waals surface area contributed by atoms with E-state index in [1.807, 2.05) is 0 Å². The number of carbonyl (C=O) groups excluding carboxylic acids is 1. The predicted octanol–water partition coefficient (Wildman–Crippen LogP) is 2.26. The number of ether oxygens (including phenoxy) is 1. The molecular weight excluding hydrogens is 236 g/mol. The number of nitro groups is 1. The summed E-state index contributed by atoms with van der Waals surface area (Å²) in [4.78, 5) is 21.3. The van der Waals surface area contributed by atoms with Crippen LogP contribution in [0, 0.1) is 10.1 Å². The van der Waals surface area contributed by atoms with Crippen LogP contribution in [-0.2, 0) is 0 Å². The highest BCUT2D eigenvalue weighted by Crippen LogP contribution is 2.24. The summed E-state index contributed by atoms with van der Waals surface area (Å²) >= 11 is 0. The van der Waals surface area contributed by atoms with Crippen molar-refractivity contribution < 1.29 is 14.5 Å². The number of nitro benzene ring substituents is 1. The third-order valence-electron chi connectivity index (χ3n) is 2.45. The lowest BCUT2D eigenvalue weighted by atomic mass is 10.1. The van der Waals surface area contributed by atoms with E-state index in [1.165, 1.54) is 18.2 Å². The van der Waals surface area contributed by atoms with Crippen molar-refractivity contribution in [3.63, 3.8) is 0 Å². The number of benzene rings is 1. The van der Waals surface area contributed by atoms with E-state index in [4.69, 9.17) is 10.5 Å². The highest BCUT2D eigenvalue weighted by Gasteiger charge is 2.15. The maximum absolute atomic E-state index is 11.2. The highest BCUT2D eigenvalue weighted by molar-refractivity contribution is 5.96. The van der Waals surface area contributed by atoms with Crippen molar-refractivity contribution in [3.05, 3.63) is 33.9 Å². The Kier molecular flexibility index (Phi) is 5.10. The van der Waals surface area contributed by atoms with Crippen molar-refractivity contribution in [2.24, 2.45) is 5.73 Å². The van der Waals surface area contributed by atoms with Gasteiger partial charge in [0.05, 0.1) is 23.2 Å². The number of nitrogens with zero attached hydrogens (tertiary/aromatic N) is 1. The van der Waals surface area contributed by atoms with Gasteiger partial charge in [0.25, 0.3) is 11.6 Å². The zero-order chi connectivity index (χ0) is 13.5. The van der Waals surface area contributed by atoms with Gasteiger partial charge < -0.3 is 10.5 Å². The number of hydrogen-bond donors (Lipinski definition) is 1. The summed E-state index contributed by atoms with van der Waals surface area (Å²) in [6.07, 6.45) is 2.87. The summed E-state index contributed by atoms with van der Waals surface area (Å²) in [6, 6.07) is 3.78. The van der Waals surface area contributed by atoms with Gasteiger partial charge in [0.2, 0.25) is 0 Å². The molecular formula is C12H16N2O4. The van der Waals surface area contributed by atoms with Crippen LogP contribution < -0.4 is 10.5 Å². The molecule has 0 unspecified atom stereocenters. The molecule has 0 spiro atoms. The van der Waals surface area contributed by atoms with E-state index in [9.17, 15) is 14.9 Å². The predicted molar refractivity (Wildman–Crippen MR) is 66.6 cm³/mol. The Balaban J connectivity index is 2.86. The Morgan fingerprint density at radius 2 is 2.17 bits per heavy atom. The molecule has 6 heteroatoms. The van der Waals surface area contributed by atoms with Gasteiger partial charge >= 0.3 is 0 Å². The minimum absolute atomic E-state index is 0.120. The number of hydrogen-bond acceptors (Lipinski definition) is 4. The molecule has 0 heterocycles. The average Bonchev–Trinajstić information content (AvgIpc) is 2.34. The minimum atomic E-state index is -0.657. The van der Waals surface area contributed by atoms with Crippen LogP contribution in [0.4, 0.5) is 5.69 Å². The Morgan fingerprint density at radius 1 is 1.44 bits per heavy atom. The van der Waals surface area contributed by atoms with Crippen LogP contribution in [0.5, 0.6) is 5.75 Å². The first-order valence-electron chi connectivity index (χ1n) is 5.77. The second kappa shape index (κ2) is 6.58. The highest BCUT2D eigenvalue weighted by atomic mass is 16.6. The van der Waals surface area contributed by atoms with Crippen LogP contribution in [0.3, 0.4) is 0 Å². The number of amides is 1. The summed E-state index contributed by atoms with van der Waals surface area (Å²) in [5.41, 5.74) is 5.23. The molecule has 98 valence electrons.